The van der Waals surface area contributed by atoms with E-state index in [-0.39, 0.29) is 5.91 Å². The Hall–Kier alpha value is -1.88. The smallest absolute Gasteiger partial charge is 0.328 e. The number of amides is 1. The average molecular weight is 305 g/mol. The van der Waals surface area contributed by atoms with Crippen LogP contribution in [0.1, 0.15) is 29.5 Å². The molecule has 1 heterocycles. The van der Waals surface area contributed by atoms with Gasteiger partial charge in [0.1, 0.15) is 12.1 Å². The fraction of sp³-hybridized carbons (Fsp3) is 0.529. The van der Waals surface area contributed by atoms with Crippen LogP contribution >= 0.6 is 0 Å². The third-order valence-corrected chi connectivity index (χ3v) is 4.08. The second kappa shape index (κ2) is 7.40. The summed E-state index contributed by atoms with van der Waals surface area (Å²) in [5.41, 5.74) is 3.26. The molecule has 0 bridgehead atoms. The first-order valence-corrected chi connectivity index (χ1v) is 7.58. The predicted molar refractivity (Wildman–Crippen MR) is 82.5 cm³/mol. The molecule has 1 fully saturated rings. The standard InChI is InChI=1S/C17H23NO4/c1-11-6-4-7-12(2)13(11)10-14(17(20)21-3)18-16(19)15-8-5-9-22-15/h4,6-7,14-15H,5,8-10H2,1-3H3,(H,18,19)/t14-,15-/m1/s1. The van der Waals surface area contributed by atoms with Crippen LogP contribution in [0.3, 0.4) is 0 Å². The van der Waals surface area contributed by atoms with E-state index >= 15 is 0 Å². The number of esters is 1. The molecule has 1 saturated heterocycles. The van der Waals surface area contributed by atoms with Crippen molar-refractivity contribution in [3.8, 4) is 0 Å². The van der Waals surface area contributed by atoms with Crippen LogP contribution in [0.4, 0.5) is 0 Å². The molecular formula is C17H23NO4. The lowest BCUT2D eigenvalue weighted by molar-refractivity contribution is -0.146. The summed E-state index contributed by atoms with van der Waals surface area (Å²) in [6.45, 7) is 4.59. The van der Waals surface area contributed by atoms with Gasteiger partial charge in [-0.25, -0.2) is 4.79 Å². The number of aryl methyl sites for hydroxylation is 2. The number of nitrogens with one attached hydrogen (secondary N) is 1. The first-order valence-electron chi connectivity index (χ1n) is 7.58. The van der Waals surface area contributed by atoms with Crippen molar-refractivity contribution in [3.63, 3.8) is 0 Å². The summed E-state index contributed by atoms with van der Waals surface area (Å²) < 4.78 is 10.2. The number of carbonyl (C=O) groups is 2. The van der Waals surface area contributed by atoms with Crippen LogP contribution in [0.25, 0.3) is 0 Å². The first-order chi connectivity index (χ1) is 10.5. The van der Waals surface area contributed by atoms with E-state index in [2.05, 4.69) is 5.32 Å². The third kappa shape index (κ3) is 3.85. The Bertz CT molecular complexity index is 529. The van der Waals surface area contributed by atoms with Gasteiger partial charge in [0.05, 0.1) is 7.11 Å². The van der Waals surface area contributed by atoms with E-state index in [9.17, 15) is 9.59 Å². The van der Waals surface area contributed by atoms with Gasteiger partial charge in [-0.15, -0.1) is 0 Å². The minimum absolute atomic E-state index is 0.237. The van der Waals surface area contributed by atoms with Gasteiger partial charge in [-0.3, -0.25) is 4.79 Å². The fourth-order valence-corrected chi connectivity index (χ4v) is 2.76. The molecule has 1 aromatic rings. The lowest BCUT2D eigenvalue weighted by Crippen LogP contribution is -2.47. The Kier molecular flexibility index (Phi) is 5.55. The van der Waals surface area contributed by atoms with Crippen molar-refractivity contribution in [2.45, 2.75) is 45.3 Å². The summed E-state index contributed by atoms with van der Waals surface area (Å²) in [5, 5.41) is 2.77. The molecule has 0 aliphatic carbocycles. The van der Waals surface area contributed by atoms with Crippen LogP contribution in [0.15, 0.2) is 18.2 Å². The number of hydrogen-bond acceptors (Lipinski definition) is 4. The second-order valence-electron chi connectivity index (χ2n) is 5.66. The highest BCUT2D eigenvalue weighted by atomic mass is 16.5. The van der Waals surface area contributed by atoms with Crippen molar-refractivity contribution in [2.24, 2.45) is 0 Å². The zero-order valence-electron chi connectivity index (χ0n) is 13.3. The van der Waals surface area contributed by atoms with Crippen LogP contribution in [0.5, 0.6) is 0 Å². The highest BCUT2D eigenvalue weighted by Crippen LogP contribution is 2.17. The lowest BCUT2D eigenvalue weighted by atomic mass is 9.96. The van der Waals surface area contributed by atoms with Gasteiger partial charge in [-0.05, 0) is 43.4 Å². The quantitative estimate of drug-likeness (QED) is 0.841. The molecule has 5 nitrogen and oxygen atoms in total. The van der Waals surface area contributed by atoms with E-state index in [0.29, 0.717) is 19.4 Å². The minimum Gasteiger partial charge on any atom is -0.467 e. The Morgan fingerprint density at radius 2 is 2.05 bits per heavy atom. The molecule has 1 aliphatic rings. The van der Waals surface area contributed by atoms with Gasteiger partial charge in [0.15, 0.2) is 0 Å². The van der Waals surface area contributed by atoms with Gasteiger partial charge in [0, 0.05) is 13.0 Å². The molecule has 5 heteroatoms. The normalized spacial score (nSPS) is 18.8. The number of hydrogen-bond donors (Lipinski definition) is 1. The van der Waals surface area contributed by atoms with E-state index in [1.54, 1.807) is 0 Å². The first kappa shape index (κ1) is 16.5. The summed E-state index contributed by atoms with van der Waals surface area (Å²) in [5.74, 6) is -0.673. The Morgan fingerprint density at radius 3 is 2.59 bits per heavy atom. The number of carbonyl (C=O) groups excluding carboxylic acids is 2. The van der Waals surface area contributed by atoms with Gasteiger partial charge in [0.25, 0.3) is 0 Å². The molecule has 2 rings (SSSR count). The maximum Gasteiger partial charge on any atom is 0.328 e. The Morgan fingerprint density at radius 1 is 1.36 bits per heavy atom. The van der Waals surface area contributed by atoms with E-state index in [4.69, 9.17) is 9.47 Å². The minimum atomic E-state index is -0.693. The zero-order chi connectivity index (χ0) is 16.1. The molecule has 1 N–H and O–H groups in total. The largest absolute Gasteiger partial charge is 0.467 e. The number of ether oxygens (including phenoxy) is 2. The van der Waals surface area contributed by atoms with E-state index in [1.807, 2.05) is 32.0 Å². The van der Waals surface area contributed by atoms with Crippen LogP contribution in [0.2, 0.25) is 0 Å². The van der Waals surface area contributed by atoms with Crippen LogP contribution in [0, 0.1) is 13.8 Å². The summed E-state index contributed by atoms with van der Waals surface area (Å²) in [7, 11) is 1.33. The van der Waals surface area contributed by atoms with E-state index in [0.717, 1.165) is 23.1 Å². The maximum atomic E-state index is 12.2. The maximum absolute atomic E-state index is 12.2. The summed E-state index contributed by atoms with van der Waals surface area (Å²) in [4.78, 5) is 24.2. The van der Waals surface area contributed by atoms with Crippen LogP contribution < -0.4 is 5.32 Å². The van der Waals surface area contributed by atoms with Gasteiger partial charge >= 0.3 is 5.97 Å². The number of methoxy groups -OCH3 is 1. The summed E-state index contributed by atoms with van der Waals surface area (Å²) in [6.07, 6.45) is 1.54. The number of rotatable bonds is 5. The summed E-state index contributed by atoms with van der Waals surface area (Å²) >= 11 is 0. The average Bonchev–Trinajstić information content (AvgIpc) is 3.03. The van der Waals surface area contributed by atoms with Crippen LogP contribution in [-0.4, -0.2) is 37.7 Å². The molecule has 0 radical (unpaired) electrons. The monoisotopic (exact) mass is 305 g/mol. The van der Waals surface area contributed by atoms with E-state index in [1.165, 1.54) is 7.11 Å². The molecule has 0 saturated carbocycles. The molecule has 22 heavy (non-hydrogen) atoms. The second-order valence-corrected chi connectivity index (χ2v) is 5.66. The van der Waals surface area contributed by atoms with Gasteiger partial charge < -0.3 is 14.8 Å². The third-order valence-electron chi connectivity index (χ3n) is 4.08. The molecule has 0 unspecified atom stereocenters. The van der Waals surface area contributed by atoms with Crippen molar-refractivity contribution < 1.29 is 19.1 Å². The molecule has 0 spiro atoms. The fourth-order valence-electron chi connectivity index (χ4n) is 2.76. The van der Waals surface area contributed by atoms with E-state index < -0.39 is 18.1 Å². The van der Waals surface area contributed by atoms with Crippen molar-refractivity contribution in [1.29, 1.82) is 0 Å². The molecule has 1 aliphatic heterocycles. The van der Waals surface area contributed by atoms with Gasteiger partial charge in [-0.1, -0.05) is 18.2 Å². The molecule has 1 amide bonds. The highest BCUT2D eigenvalue weighted by molar-refractivity contribution is 5.87. The molecular weight excluding hydrogens is 282 g/mol. The Labute approximate surface area is 131 Å². The lowest BCUT2D eigenvalue weighted by Gasteiger charge is -2.20. The van der Waals surface area contributed by atoms with Crippen molar-refractivity contribution in [2.75, 3.05) is 13.7 Å². The molecule has 120 valence electrons. The zero-order valence-corrected chi connectivity index (χ0v) is 13.3. The van der Waals surface area contributed by atoms with Gasteiger partial charge in [0.2, 0.25) is 5.91 Å². The molecule has 2 atom stereocenters. The number of benzene rings is 1. The predicted octanol–water partition coefficient (Wildman–Crippen LogP) is 1.68. The summed E-state index contributed by atoms with van der Waals surface area (Å²) in [6, 6.07) is 5.28. The van der Waals surface area contributed by atoms with Crippen molar-refractivity contribution in [1.82, 2.24) is 5.32 Å². The Balaban J connectivity index is 2.12. The molecule has 0 aromatic heterocycles. The SMILES string of the molecule is COC(=O)[C@@H](Cc1c(C)cccc1C)NC(=O)[C@H]1CCCO1. The van der Waals surface area contributed by atoms with Crippen molar-refractivity contribution >= 4 is 11.9 Å². The molecule has 1 aromatic carbocycles. The highest BCUT2D eigenvalue weighted by Gasteiger charge is 2.29. The van der Waals surface area contributed by atoms with Crippen LogP contribution in [-0.2, 0) is 25.5 Å². The van der Waals surface area contributed by atoms with Crippen molar-refractivity contribution in [3.05, 3.63) is 34.9 Å². The van der Waals surface area contributed by atoms with Gasteiger partial charge in [-0.2, -0.15) is 0 Å². The topological polar surface area (TPSA) is 64.6 Å².